The smallest absolute Gasteiger partial charge is 0.271 e. The second kappa shape index (κ2) is 4.49. The fourth-order valence-electron chi connectivity index (χ4n) is 2.71. The minimum atomic E-state index is -0.529. The van der Waals surface area contributed by atoms with Crippen molar-refractivity contribution < 1.29 is 9.32 Å². The van der Waals surface area contributed by atoms with Crippen molar-refractivity contribution in [3.63, 3.8) is 0 Å². The maximum atomic E-state index is 11.4. The van der Waals surface area contributed by atoms with Gasteiger partial charge in [0, 0.05) is 15.6 Å². The Bertz CT molecular complexity index is 663. The van der Waals surface area contributed by atoms with E-state index in [1.165, 1.54) is 5.56 Å². The molecule has 1 atom stereocenters. The molecule has 0 bridgehead atoms. The number of carbonyl (C=O) groups excluding carboxylic acids is 1. The lowest BCUT2D eigenvalue weighted by Gasteiger charge is -2.23. The Labute approximate surface area is 119 Å². The van der Waals surface area contributed by atoms with Crippen molar-refractivity contribution in [1.29, 1.82) is 0 Å². The van der Waals surface area contributed by atoms with E-state index in [-0.39, 0.29) is 5.69 Å². The van der Waals surface area contributed by atoms with Gasteiger partial charge < -0.3 is 10.3 Å². The summed E-state index contributed by atoms with van der Waals surface area (Å²) in [7, 11) is 0. The number of aromatic nitrogens is 1. The van der Waals surface area contributed by atoms with Crippen LogP contribution < -0.4 is 5.73 Å². The number of halogens is 1. The van der Waals surface area contributed by atoms with Gasteiger partial charge in [-0.25, -0.2) is 0 Å². The molecule has 5 heteroatoms. The molecule has 0 unspecified atom stereocenters. The van der Waals surface area contributed by atoms with Crippen LogP contribution in [0.15, 0.2) is 27.2 Å². The predicted octanol–water partition coefficient (Wildman–Crippen LogP) is 3.25. The monoisotopic (exact) mass is 320 g/mol. The third kappa shape index (κ3) is 1.89. The van der Waals surface area contributed by atoms with Crippen molar-refractivity contribution in [2.24, 2.45) is 5.73 Å². The van der Waals surface area contributed by atoms with E-state index in [1.807, 2.05) is 12.1 Å². The average Bonchev–Trinajstić information content (AvgIpc) is 2.81. The van der Waals surface area contributed by atoms with E-state index in [2.05, 4.69) is 34.1 Å². The lowest BCUT2D eigenvalue weighted by atomic mass is 9.80. The summed E-state index contributed by atoms with van der Waals surface area (Å²) in [5.74, 6) is 0.515. The first-order valence-electron chi connectivity index (χ1n) is 6.20. The minimum Gasteiger partial charge on any atom is -0.364 e. The van der Waals surface area contributed by atoms with Gasteiger partial charge in [0.2, 0.25) is 0 Å². The summed E-state index contributed by atoms with van der Waals surface area (Å²) in [6, 6.07) is 6.13. The van der Waals surface area contributed by atoms with Crippen LogP contribution in [0.25, 0.3) is 11.3 Å². The number of rotatable bonds is 2. The highest BCUT2D eigenvalue weighted by Crippen LogP contribution is 2.43. The second-order valence-corrected chi connectivity index (χ2v) is 5.66. The van der Waals surface area contributed by atoms with Gasteiger partial charge in [0.05, 0.1) is 0 Å². The Kier molecular flexibility index (Phi) is 2.93. The molecular formula is C14H13BrN2O2. The SMILES string of the molecule is CC[C@@H]1Cc2c(C(N)=O)noc2-c2cc(Br)ccc21. The van der Waals surface area contributed by atoms with Gasteiger partial charge in [-0.15, -0.1) is 0 Å². The molecule has 1 aromatic heterocycles. The standard InChI is InChI=1S/C14H13BrN2O2/c1-2-7-5-11-12(14(16)18)17-19-13(11)10-6-8(15)3-4-9(7)10/h3-4,6-7H,2,5H2,1H3,(H2,16,18)/t7-/m1/s1. The Balaban J connectivity index is 2.25. The van der Waals surface area contributed by atoms with Crippen LogP contribution in [0.5, 0.6) is 0 Å². The Morgan fingerprint density at radius 3 is 3.05 bits per heavy atom. The molecule has 4 nitrogen and oxygen atoms in total. The van der Waals surface area contributed by atoms with E-state index >= 15 is 0 Å². The first-order valence-corrected chi connectivity index (χ1v) is 6.99. The van der Waals surface area contributed by atoms with Crippen LogP contribution in [0.2, 0.25) is 0 Å². The van der Waals surface area contributed by atoms with Gasteiger partial charge in [-0.1, -0.05) is 34.1 Å². The van der Waals surface area contributed by atoms with Crippen LogP contribution in [0.3, 0.4) is 0 Å². The molecule has 0 saturated carbocycles. The van der Waals surface area contributed by atoms with E-state index in [4.69, 9.17) is 10.3 Å². The molecule has 0 fully saturated rings. The molecule has 1 amide bonds. The lowest BCUT2D eigenvalue weighted by Crippen LogP contribution is -2.17. The van der Waals surface area contributed by atoms with Crippen molar-refractivity contribution in [1.82, 2.24) is 5.16 Å². The molecule has 1 heterocycles. The van der Waals surface area contributed by atoms with Gasteiger partial charge in [-0.3, -0.25) is 4.79 Å². The van der Waals surface area contributed by atoms with Gasteiger partial charge in [-0.05, 0) is 36.5 Å². The highest BCUT2D eigenvalue weighted by Gasteiger charge is 2.31. The maximum Gasteiger partial charge on any atom is 0.271 e. The number of fused-ring (bicyclic) bond motifs is 3. The van der Waals surface area contributed by atoms with E-state index in [9.17, 15) is 4.79 Å². The summed E-state index contributed by atoms with van der Waals surface area (Å²) < 4.78 is 6.33. The molecule has 3 rings (SSSR count). The molecule has 19 heavy (non-hydrogen) atoms. The lowest BCUT2D eigenvalue weighted by molar-refractivity contribution is 0.0991. The fourth-order valence-corrected chi connectivity index (χ4v) is 3.07. The maximum absolute atomic E-state index is 11.4. The Hall–Kier alpha value is -1.62. The molecular weight excluding hydrogens is 308 g/mol. The Morgan fingerprint density at radius 2 is 2.37 bits per heavy atom. The van der Waals surface area contributed by atoms with Crippen molar-refractivity contribution in [2.75, 3.05) is 0 Å². The summed E-state index contributed by atoms with van der Waals surface area (Å²) in [4.78, 5) is 11.4. The topological polar surface area (TPSA) is 69.1 Å². The number of primary amides is 1. The number of hydrogen-bond acceptors (Lipinski definition) is 3. The van der Waals surface area contributed by atoms with Crippen molar-refractivity contribution in [3.8, 4) is 11.3 Å². The van der Waals surface area contributed by atoms with E-state index < -0.39 is 5.91 Å². The summed E-state index contributed by atoms with van der Waals surface area (Å²) >= 11 is 3.47. The van der Waals surface area contributed by atoms with Gasteiger partial charge in [0.15, 0.2) is 11.5 Å². The van der Waals surface area contributed by atoms with Gasteiger partial charge >= 0.3 is 0 Å². The number of amides is 1. The summed E-state index contributed by atoms with van der Waals surface area (Å²) in [6.45, 7) is 2.14. The van der Waals surface area contributed by atoms with Crippen LogP contribution in [0.4, 0.5) is 0 Å². The van der Waals surface area contributed by atoms with Crippen molar-refractivity contribution in [2.45, 2.75) is 25.7 Å². The molecule has 2 aromatic rings. The van der Waals surface area contributed by atoms with Crippen LogP contribution in [-0.2, 0) is 6.42 Å². The number of benzene rings is 1. The highest BCUT2D eigenvalue weighted by atomic mass is 79.9. The van der Waals surface area contributed by atoms with Gasteiger partial charge in [0.25, 0.3) is 5.91 Å². The zero-order chi connectivity index (χ0) is 13.6. The fraction of sp³-hybridized carbons (Fsp3) is 0.286. The number of nitrogens with zero attached hydrogens (tertiary/aromatic N) is 1. The van der Waals surface area contributed by atoms with E-state index in [1.54, 1.807) is 0 Å². The molecule has 0 aliphatic heterocycles. The van der Waals surface area contributed by atoms with E-state index in [0.717, 1.165) is 28.4 Å². The molecule has 0 radical (unpaired) electrons. The highest BCUT2D eigenvalue weighted by molar-refractivity contribution is 9.10. The number of carbonyl (C=O) groups is 1. The van der Waals surface area contributed by atoms with Crippen molar-refractivity contribution in [3.05, 3.63) is 39.5 Å². The second-order valence-electron chi connectivity index (χ2n) is 4.74. The number of hydrogen-bond donors (Lipinski definition) is 1. The molecule has 1 aromatic carbocycles. The molecule has 2 N–H and O–H groups in total. The van der Waals surface area contributed by atoms with Crippen molar-refractivity contribution >= 4 is 21.8 Å². The van der Waals surface area contributed by atoms with Crippen LogP contribution in [0.1, 0.15) is 40.9 Å². The quantitative estimate of drug-likeness (QED) is 0.923. The molecule has 1 aliphatic carbocycles. The minimum absolute atomic E-state index is 0.263. The predicted molar refractivity (Wildman–Crippen MR) is 74.9 cm³/mol. The molecule has 0 saturated heterocycles. The summed E-state index contributed by atoms with van der Waals surface area (Å²) in [5, 5.41) is 3.83. The first kappa shape index (κ1) is 12.4. The molecule has 98 valence electrons. The summed E-state index contributed by atoms with van der Waals surface area (Å²) in [5.41, 5.74) is 8.69. The Morgan fingerprint density at radius 1 is 1.58 bits per heavy atom. The van der Waals surface area contributed by atoms with Crippen LogP contribution >= 0.6 is 15.9 Å². The zero-order valence-corrected chi connectivity index (χ0v) is 12.0. The average molecular weight is 321 g/mol. The zero-order valence-electron chi connectivity index (χ0n) is 10.4. The third-order valence-corrected chi connectivity index (χ3v) is 4.16. The summed E-state index contributed by atoms with van der Waals surface area (Å²) in [6.07, 6.45) is 1.75. The largest absolute Gasteiger partial charge is 0.364 e. The molecule has 0 spiro atoms. The van der Waals surface area contributed by atoms with E-state index in [0.29, 0.717) is 11.7 Å². The first-order chi connectivity index (χ1) is 9.11. The van der Waals surface area contributed by atoms with Gasteiger partial charge in [0.1, 0.15) is 0 Å². The van der Waals surface area contributed by atoms with Gasteiger partial charge in [-0.2, -0.15) is 0 Å². The normalized spacial score (nSPS) is 16.8. The third-order valence-electron chi connectivity index (χ3n) is 3.66. The van der Waals surface area contributed by atoms with Crippen LogP contribution in [0, 0.1) is 0 Å². The molecule has 1 aliphatic rings. The van der Waals surface area contributed by atoms with Crippen LogP contribution in [-0.4, -0.2) is 11.1 Å². The number of nitrogens with two attached hydrogens (primary N) is 1.